The maximum absolute atomic E-state index is 12.4. The number of aromatic amines is 1. The van der Waals surface area contributed by atoms with Crippen LogP contribution in [-0.4, -0.2) is 42.8 Å². The number of H-pyrrole nitrogens is 1. The lowest BCUT2D eigenvalue weighted by Crippen LogP contribution is -2.42. The van der Waals surface area contributed by atoms with E-state index in [9.17, 15) is 14.7 Å². The van der Waals surface area contributed by atoms with Crippen molar-refractivity contribution in [2.75, 3.05) is 0 Å². The van der Waals surface area contributed by atoms with Gasteiger partial charge in [0.15, 0.2) is 5.69 Å². The molecule has 0 saturated heterocycles. The average molecular weight is 339 g/mol. The van der Waals surface area contributed by atoms with Crippen molar-refractivity contribution in [3.63, 3.8) is 0 Å². The van der Waals surface area contributed by atoms with Crippen molar-refractivity contribution in [2.45, 2.75) is 12.5 Å². The molecule has 25 heavy (non-hydrogen) atoms. The van der Waals surface area contributed by atoms with Crippen LogP contribution in [0.25, 0.3) is 11.3 Å². The summed E-state index contributed by atoms with van der Waals surface area (Å²) < 4.78 is 1.59. The minimum atomic E-state index is -1.12. The molecule has 0 radical (unpaired) electrons. The van der Waals surface area contributed by atoms with Gasteiger partial charge in [-0.1, -0.05) is 30.3 Å². The van der Waals surface area contributed by atoms with Crippen LogP contribution in [0.15, 0.2) is 48.9 Å². The first-order chi connectivity index (χ1) is 12.0. The fourth-order valence-electron chi connectivity index (χ4n) is 2.51. The van der Waals surface area contributed by atoms with Crippen molar-refractivity contribution < 1.29 is 14.7 Å². The minimum Gasteiger partial charge on any atom is -0.480 e. The molecular formula is C17H17N5O3. The van der Waals surface area contributed by atoms with Gasteiger partial charge in [-0.15, -0.1) is 0 Å². The Kier molecular flexibility index (Phi) is 4.60. The van der Waals surface area contributed by atoms with Crippen LogP contribution < -0.4 is 5.32 Å². The summed E-state index contributed by atoms with van der Waals surface area (Å²) in [6, 6.07) is 10.1. The number of carbonyl (C=O) groups excluding carboxylic acids is 1. The lowest BCUT2D eigenvalue weighted by atomic mass is 10.1. The highest BCUT2D eigenvalue weighted by Gasteiger charge is 2.23. The summed E-state index contributed by atoms with van der Waals surface area (Å²) in [5.74, 6) is -1.66. The summed E-state index contributed by atoms with van der Waals surface area (Å²) in [6.07, 6.45) is 3.09. The van der Waals surface area contributed by atoms with Crippen LogP contribution in [0.3, 0.4) is 0 Å². The number of aryl methyl sites for hydroxylation is 1. The molecule has 2 heterocycles. The quantitative estimate of drug-likeness (QED) is 0.625. The van der Waals surface area contributed by atoms with Crippen molar-refractivity contribution in [1.29, 1.82) is 0 Å². The van der Waals surface area contributed by atoms with Crippen LogP contribution in [0.2, 0.25) is 0 Å². The number of benzene rings is 1. The number of hydrogen-bond donors (Lipinski definition) is 3. The van der Waals surface area contributed by atoms with E-state index in [0.717, 1.165) is 11.3 Å². The molecule has 0 aliphatic carbocycles. The van der Waals surface area contributed by atoms with Crippen molar-refractivity contribution in [3.8, 4) is 11.3 Å². The standard InChI is InChI=1S/C17H17N5O3/c1-22-15(11-5-3-2-4-6-11)8-13(21-22)16(23)20-14(17(24)25)7-12-9-18-10-19-12/h2-6,8-10,14H,7H2,1H3,(H,18,19)(H,20,23)(H,24,25)/t14-/m0/s1. The Hall–Kier alpha value is -3.42. The number of imidazole rings is 1. The third-order valence-corrected chi connectivity index (χ3v) is 3.76. The molecule has 0 bridgehead atoms. The second kappa shape index (κ2) is 7.00. The molecule has 0 spiro atoms. The van der Waals surface area contributed by atoms with Crippen molar-refractivity contribution >= 4 is 11.9 Å². The van der Waals surface area contributed by atoms with Gasteiger partial charge in [0.05, 0.1) is 12.0 Å². The maximum Gasteiger partial charge on any atom is 0.326 e. The zero-order valence-corrected chi connectivity index (χ0v) is 13.5. The zero-order valence-electron chi connectivity index (χ0n) is 13.5. The molecule has 1 aromatic carbocycles. The number of nitrogens with one attached hydrogen (secondary N) is 2. The SMILES string of the molecule is Cn1nc(C(=O)N[C@@H](Cc2cnc[nH]2)C(=O)O)cc1-c1ccccc1. The first kappa shape index (κ1) is 16.4. The Labute approximate surface area is 143 Å². The van der Waals surface area contributed by atoms with E-state index in [0.29, 0.717) is 5.69 Å². The third-order valence-electron chi connectivity index (χ3n) is 3.76. The molecule has 0 aliphatic rings. The van der Waals surface area contributed by atoms with Gasteiger partial charge >= 0.3 is 5.97 Å². The molecule has 2 aromatic heterocycles. The molecule has 0 saturated carbocycles. The number of carbonyl (C=O) groups is 2. The predicted octanol–water partition coefficient (Wildman–Crippen LogP) is 1.24. The summed E-state index contributed by atoms with van der Waals surface area (Å²) in [6.45, 7) is 0. The normalized spacial score (nSPS) is 11.9. The van der Waals surface area contributed by atoms with Gasteiger partial charge in [-0.2, -0.15) is 5.10 Å². The first-order valence-electron chi connectivity index (χ1n) is 7.65. The molecule has 8 nitrogen and oxygen atoms in total. The lowest BCUT2D eigenvalue weighted by molar-refractivity contribution is -0.139. The fourth-order valence-corrected chi connectivity index (χ4v) is 2.51. The largest absolute Gasteiger partial charge is 0.480 e. The van der Waals surface area contributed by atoms with Gasteiger partial charge in [-0.05, 0) is 11.6 Å². The van der Waals surface area contributed by atoms with Crippen LogP contribution in [0.4, 0.5) is 0 Å². The summed E-state index contributed by atoms with van der Waals surface area (Å²) in [4.78, 5) is 30.5. The molecule has 128 valence electrons. The Bertz CT molecular complexity index is 871. The molecule has 3 aromatic rings. The topological polar surface area (TPSA) is 113 Å². The highest BCUT2D eigenvalue weighted by molar-refractivity contribution is 5.96. The number of amides is 1. The number of rotatable bonds is 6. The number of carboxylic acid groups (broad SMARTS) is 1. The number of aromatic nitrogens is 4. The number of nitrogens with zero attached hydrogens (tertiary/aromatic N) is 3. The number of hydrogen-bond acceptors (Lipinski definition) is 4. The average Bonchev–Trinajstić information content (AvgIpc) is 3.24. The van der Waals surface area contributed by atoms with Crippen LogP contribution in [0.1, 0.15) is 16.2 Å². The molecule has 0 aliphatic heterocycles. The van der Waals surface area contributed by atoms with E-state index in [4.69, 9.17) is 0 Å². The molecular weight excluding hydrogens is 322 g/mol. The Morgan fingerprint density at radius 1 is 1.32 bits per heavy atom. The van der Waals surface area contributed by atoms with Crippen molar-refractivity contribution in [1.82, 2.24) is 25.1 Å². The van der Waals surface area contributed by atoms with Gasteiger partial charge < -0.3 is 15.4 Å². The van der Waals surface area contributed by atoms with E-state index in [1.54, 1.807) is 17.8 Å². The maximum atomic E-state index is 12.4. The summed E-state index contributed by atoms with van der Waals surface area (Å²) in [5, 5.41) is 16.0. The smallest absolute Gasteiger partial charge is 0.326 e. The number of aliphatic carboxylic acids is 1. The van der Waals surface area contributed by atoms with Gasteiger partial charge in [0.25, 0.3) is 5.91 Å². The van der Waals surface area contributed by atoms with Gasteiger partial charge in [0.2, 0.25) is 0 Å². The van der Waals surface area contributed by atoms with E-state index >= 15 is 0 Å². The van der Waals surface area contributed by atoms with E-state index in [1.807, 2.05) is 30.3 Å². The van der Waals surface area contributed by atoms with Gasteiger partial charge in [0, 0.05) is 25.4 Å². The molecule has 0 fully saturated rings. The number of carboxylic acids is 1. The Morgan fingerprint density at radius 3 is 2.72 bits per heavy atom. The molecule has 1 atom stereocenters. The lowest BCUT2D eigenvalue weighted by Gasteiger charge is -2.12. The highest BCUT2D eigenvalue weighted by Crippen LogP contribution is 2.19. The molecule has 3 N–H and O–H groups in total. The summed E-state index contributed by atoms with van der Waals surface area (Å²) in [5.41, 5.74) is 2.48. The van der Waals surface area contributed by atoms with Crippen LogP contribution in [0, 0.1) is 0 Å². The van der Waals surface area contributed by atoms with Gasteiger partial charge in [0.1, 0.15) is 6.04 Å². The van der Waals surface area contributed by atoms with Crippen molar-refractivity contribution in [3.05, 3.63) is 60.3 Å². The first-order valence-corrected chi connectivity index (χ1v) is 7.65. The van der Waals surface area contributed by atoms with E-state index in [2.05, 4.69) is 20.4 Å². The van der Waals surface area contributed by atoms with E-state index in [1.165, 1.54) is 12.5 Å². The summed E-state index contributed by atoms with van der Waals surface area (Å²) in [7, 11) is 1.73. The molecule has 1 amide bonds. The third kappa shape index (κ3) is 3.74. The van der Waals surface area contributed by atoms with E-state index in [-0.39, 0.29) is 12.1 Å². The van der Waals surface area contributed by atoms with Crippen molar-refractivity contribution in [2.24, 2.45) is 7.05 Å². The zero-order chi connectivity index (χ0) is 17.8. The van der Waals surface area contributed by atoms with E-state index < -0.39 is 17.9 Å². The highest BCUT2D eigenvalue weighted by atomic mass is 16.4. The second-order valence-corrected chi connectivity index (χ2v) is 5.55. The Morgan fingerprint density at radius 2 is 2.08 bits per heavy atom. The summed E-state index contributed by atoms with van der Waals surface area (Å²) >= 11 is 0. The monoisotopic (exact) mass is 339 g/mol. The van der Waals surface area contributed by atoms with Gasteiger partial charge in [-0.3, -0.25) is 9.48 Å². The van der Waals surface area contributed by atoms with Gasteiger partial charge in [-0.25, -0.2) is 9.78 Å². The van der Waals surface area contributed by atoms with Crippen LogP contribution >= 0.6 is 0 Å². The van der Waals surface area contributed by atoms with Crippen LogP contribution in [0.5, 0.6) is 0 Å². The predicted molar refractivity (Wildman–Crippen MR) is 89.8 cm³/mol. The fraction of sp³-hybridized carbons (Fsp3) is 0.176. The Balaban J connectivity index is 1.77. The second-order valence-electron chi connectivity index (χ2n) is 5.55. The molecule has 0 unspecified atom stereocenters. The van der Waals surface area contributed by atoms with Crippen LogP contribution in [-0.2, 0) is 18.3 Å². The molecule has 8 heteroatoms. The minimum absolute atomic E-state index is 0.111. The molecule has 3 rings (SSSR count).